The van der Waals surface area contributed by atoms with Crippen LogP contribution in [0.5, 0.6) is 0 Å². The number of carbonyl (C=O) groups excluding carboxylic acids is 1. The summed E-state index contributed by atoms with van der Waals surface area (Å²) in [6, 6.07) is 0.169. The third-order valence-electron chi connectivity index (χ3n) is 3.66. The van der Waals surface area contributed by atoms with Crippen molar-refractivity contribution >= 4 is 37.6 Å². The highest BCUT2D eigenvalue weighted by molar-refractivity contribution is 7.91. The van der Waals surface area contributed by atoms with E-state index in [9.17, 15) is 13.2 Å². The van der Waals surface area contributed by atoms with Crippen molar-refractivity contribution in [2.75, 3.05) is 43.6 Å². The maximum Gasteiger partial charge on any atom is 0.180 e. The molecule has 0 aliphatic carbocycles. The highest BCUT2D eigenvalue weighted by atomic mass is 32.2. The van der Waals surface area contributed by atoms with Crippen molar-refractivity contribution < 1.29 is 13.2 Å². The van der Waals surface area contributed by atoms with Crippen LogP contribution in [0.15, 0.2) is 4.90 Å². The number of sulfone groups is 1. The molecule has 0 spiro atoms. The smallest absolute Gasteiger partial charge is 0.180 e. The second-order valence-corrected chi connectivity index (χ2v) is 8.56. The van der Waals surface area contributed by atoms with Gasteiger partial charge in [-0.1, -0.05) is 0 Å². The fourth-order valence-electron chi connectivity index (χ4n) is 2.67. The van der Waals surface area contributed by atoms with Crippen LogP contribution in [-0.2, 0) is 9.84 Å². The summed E-state index contributed by atoms with van der Waals surface area (Å²) >= 11 is 1.19. The minimum absolute atomic E-state index is 0.0936. The van der Waals surface area contributed by atoms with Crippen molar-refractivity contribution in [3.05, 3.63) is 4.88 Å². The fourth-order valence-corrected chi connectivity index (χ4v) is 5.39. The SMILES string of the molecule is CC(=O)c1sc(N2CCN(C)CC2C)c(S(C)(=O)=O)c1N. The van der Waals surface area contributed by atoms with Crippen LogP contribution in [0, 0.1) is 0 Å². The average Bonchev–Trinajstić information content (AvgIpc) is 2.66. The molecule has 2 rings (SSSR count). The van der Waals surface area contributed by atoms with Crippen LogP contribution in [-0.4, -0.2) is 58.1 Å². The van der Waals surface area contributed by atoms with Gasteiger partial charge in [-0.3, -0.25) is 4.79 Å². The molecule has 118 valence electrons. The van der Waals surface area contributed by atoms with Crippen LogP contribution in [0.4, 0.5) is 10.7 Å². The number of likely N-dealkylation sites (N-methyl/N-ethyl adjacent to an activating group) is 1. The predicted octanol–water partition coefficient (Wildman–Crippen LogP) is 1.08. The molecule has 0 radical (unpaired) electrons. The molecule has 21 heavy (non-hydrogen) atoms. The quantitative estimate of drug-likeness (QED) is 0.834. The van der Waals surface area contributed by atoms with Crippen LogP contribution >= 0.6 is 11.3 Å². The first-order valence-corrected chi connectivity index (χ1v) is 9.42. The van der Waals surface area contributed by atoms with Gasteiger partial charge in [0.2, 0.25) is 0 Å². The summed E-state index contributed by atoms with van der Waals surface area (Å²) in [7, 11) is -1.45. The van der Waals surface area contributed by atoms with Crippen LogP contribution in [0.25, 0.3) is 0 Å². The van der Waals surface area contributed by atoms with Crippen molar-refractivity contribution in [3.63, 3.8) is 0 Å². The Morgan fingerprint density at radius 1 is 1.38 bits per heavy atom. The van der Waals surface area contributed by atoms with Crippen LogP contribution < -0.4 is 10.6 Å². The summed E-state index contributed by atoms with van der Waals surface area (Å²) in [4.78, 5) is 16.4. The number of Topliss-reactive ketones (excluding diaryl/α,β-unsaturated/α-hetero) is 1. The van der Waals surface area contributed by atoms with Crippen LogP contribution in [0.1, 0.15) is 23.5 Å². The monoisotopic (exact) mass is 331 g/mol. The number of hydrogen-bond donors (Lipinski definition) is 1. The third-order valence-corrected chi connectivity index (χ3v) is 6.29. The van der Waals surface area contributed by atoms with E-state index in [-0.39, 0.29) is 22.4 Å². The summed E-state index contributed by atoms with van der Waals surface area (Å²) in [5.41, 5.74) is 6.04. The Bertz CT molecular complexity index is 666. The van der Waals surface area contributed by atoms with Gasteiger partial charge in [-0.15, -0.1) is 11.3 Å². The van der Waals surface area contributed by atoms with E-state index in [1.165, 1.54) is 18.3 Å². The Kier molecular flexibility index (Phi) is 4.32. The largest absolute Gasteiger partial charge is 0.396 e. The van der Waals surface area contributed by atoms with E-state index in [4.69, 9.17) is 5.73 Å². The number of piperazine rings is 1. The minimum Gasteiger partial charge on any atom is -0.396 e. The lowest BCUT2D eigenvalue weighted by Crippen LogP contribution is -2.50. The second kappa shape index (κ2) is 5.58. The lowest BCUT2D eigenvalue weighted by molar-refractivity contribution is 0.102. The van der Waals surface area contributed by atoms with E-state index in [0.717, 1.165) is 25.9 Å². The number of nitrogens with zero attached hydrogens (tertiary/aromatic N) is 2. The normalized spacial score (nSPS) is 20.8. The zero-order valence-electron chi connectivity index (χ0n) is 12.7. The molecule has 0 bridgehead atoms. The van der Waals surface area contributed by atoms with Crippen molar-refractivity contribution in [3.8, 4) is 0 Å². The molecule has 8 heteroatoms. The molecule has 0 saturated carbocycles. The molecular formula is C13H21N3O3S2. The second-order valence-electron chi connectivity index (χ2n) is 5.61. The molecule has 0 amide bonds. The zero-order chi connectivity index (χ0) is 15.9. The topological polar surface area (TPSA) is 83.7 Å². The standard InChI is InChI=1S/C13H21N3O3S2/c1-8-7-15(3)5-6-16(8)13-12(21(4,18)19)10(14)11(20-13)9(2)17/h8H,5-7,14H2,1-4H3. The molecule has 1 aromatic heterocycles. The lowest BCUT2D eigenvalue weighted by atomic mass is 10.2. The van der Waals surface area contributed by atoms with Gasteiger partial charge in [0.15, 0.2) is 15.6 Å². The van der Waals surface area contributed by atoms with Gasteiger partial charge >= 0.3 is 0 Å². The van der Waals surface area contributed by atoms with Gasteiger partial charge in [0.05, 0.1) is 10.6 Å². The number of carbonyl (C=O) groups is 1. The van der Waals surface area contributed by atoms with Crippen molar-refractivity contribution in [2.45, 2.75) is 24.8 Å². The van der Waals surface area contributed by atoms with Gasteiger partial charge in [0, 0.05) is 38.9 Å². The first-order chi connectivity index (χ1) is 9.62. The number of thiophene rings is 1. The summed E-state index contributed by atoms with van der Waals surface area (Å²) in [5, 5.41) is 0.598. The summed E-state index contributed by atoms with van der Waals surface area (Å²) in [6.45, 7) is 5.87. The number of nitrogens with two attached hydrogens (primary N) is 1. The Labute approximate surface area is 129 Å². The molecule has 1 atom stereocenters. The predicted molar refractivity (Wildman–Crippen MR) is 86.2 cm³/mol. The van der Waals surface area contributed by atoms with Gasteiger partial charge in [-0.25, -0.2) is 8.42 Å². The number of anilines is 2. The van der Waals surface area contributed by atoms with E-state index in [1.54, 1.807) is 0 Å². The maximum atomic E-state index is 12.1. The third kappa shape index (κ3) is 3.07. The molecule has 6 nitrogen and oxygen atoms in total. The van der Waals surface area contributed by atoms with E-state index >= 15 is 0 Å². The molecule has 1 fully saturated rings. The zero-order valence-corrected chi connectivity index (χ0v) is 14.3. The molecule has 1 unspecified atom stereocenters. The molecule has 1 aliphatic heterocycles. The molecule has 2 N–H and O–H groups in total. The van der Waals surface area contributed by atoms with Crippen LogP contribution in [0.2, 0.25) is 0 Å². The van der Waals surface area contributed by atoms with Crippen molar-refractivity contribution in [1.29, 1.82) is 0 Å². The first kappa shape index (κ1) is 16.3. The molecule has 0 aromatic carbocycles. The average molecular weight is 331 g/mol. The van der Waals surface area contributed by atoms with E-state index in [0.29, 0.717) is 9.88 Å². The Morgan fingerprint density at radius 2 is 2.00 bits per heavy atom. The Morgan fingerprint density at radius 3 is 2.48 bits per heavy atom. The molecule has 1 aromatic rings. The number of hydrogen-bond acceptors (Lipinski definition) is 7. The summed E-state index contributed by atoms with van der Waals surface area (Å²) in [6.07, 6.45) is 1.14. The van der Waals surface area contributed by atoms with Gasteiger partial charge in [-0.2, -0.15) is 0 Å². The van der Waals surface area contributed by atoms with E-state index < -0.39 is 9.84 Å². The minimum atomic E-state index is -3.49. The number of rotatable bonds is 3. The summed E-state index contributed by atoms with van der Waals surface area (Å²) < 4.78 is 24.2. The fraction of sp³-hybridized carbons (Fsp3) is 0.615. The molecule has 2 heterocycles. The van der Waals surface area contributed by atoms with E-state index in [1.807, 2.05) is 18.9 Å². The highest BCUT2D eigenvalue weighted by Crippen LogP contribution is 2.42. The van der Waals surface area contributed by atoms with Crippen LogP contribution in [0.3, 0.4) is 0 Å². The number of nitrogen functional groups attached to an aromatic ring is 1. The first-order valence-electron chi connectivity index (χ1n) is 6.71. The van der Waals surface area contributed by atoms with E-state index in [2.05, 4.69) is 4.90 Å². The van der Waals surface area contributed by atoms with Gasteiger partial charge < -0.3 is 15.5 Å². The van der Waals surface area contributed by atoms with Gasteiger partial charge in [0.1, 0.15) is 9.90 Å². The Hall–Kier alpha value is -1.12. The highest BCUT2D eigenvalue weighted by Gasteiger charge is 2.32. The Balaban J connectivity index is 2.58. The molecule has 1 aliphatic rings. The maximum absolute atomic E-state index is 12.1. The molecular weight excluding hydrogens is 310 g/mol. The number of ketones is 1. The molecule has 1 saturated heterocycles. The summed E-state index contributed by atoms with van der Waals surface area (Å²) in [5.74, 6) is -0.199. The van der Waals surface area contributed by atoms with Gasteiger partial charge in [0.25, 0.3) is 0 Å². The van der Waals surface area contributed by atoms with Crippen molar-refractivity contribution in [1.82, 2.24) is 4.90 Å². The van der Waals surface area contributed by atoms with Gasteiger partial charge in [-0.05, 0) is 14.0 Å². The lowest BCUT2D eigenvalue weighted by Gasteiger charge is -2.39. The van der Waals surface area contributed by atoms with Crippen molar-refractivity contribution in [2.24, 2.45) is 0 Å².